The van der Waals surface area contributed by atoms with Crippen LogP contribution in [-0.4, -0.2) is 32.9 Å². The van der Waals surface area contributed by atoms with Crippen LogP contribution in [-0.2, 0) is 16.6 Å². The van der Waals surface area contributed by atoms with Crippen molar-refractivity contribution in [2.24, 2.45) is 5.92 Å². The number of sulfonamides is 1. The van der Waals surface area contributed by atoms with Crippen molar-refractivity contribution in [3.05, 3.63) is 17.6 Å². The Morgan fingerprint density at radius 2 is 1.95 bits per heavy atom. The largest absolute Gasteiger partial charge is 0.464 e. The molecule has 0 atom stereocenters. The molecule has 0 unspecified atom stereocenters. The fraction of sp³-hybridized carbons (Fsp3) is 0.733. The van der Waals surface area contributed by atoms with E-state index in [1.807, 2.05) is 0 Å². The van der Waals surface area contributed by atoms with Gasteiger partial charge in [0.1, 0.15) is 16.4 Å². The van der Waals surface area contributed by atoms with Crippen molar-refractivity contribution in [2.45, 2.75) is 57.0 Å². The zero-order chi connectivity index (χ0) is 15.6. The zero-order valence-corrected chi connectivity index (χ0v) is 14.2. The Hall–Kier alpha value is -0.850. The van der Waals surface area contributed by atoms with Crippen molar-refractivity contribution >= 4 is 10.0 Å². The van der Waals surface area contributed by atoms with Gasteiger partial charge in [0.2, 0.25) is 10.0 Å². The number of nitrogens with one attached hydrogen (secondary N) is 1. The second kappa shape index (κ2) is 6.50. The molecule has 6 heteroatoms. The fourth-order valence-corrected chi connectivity index (χ4v) is 4.60. The molecular weight excluding hydrogens is 288 g/mol. The lowest BCUT2D eigenvalue weighted by atomic mass is 9.87. The van der Waals surface area contributed by atoms with E-state index in [0.717, 1.165) is 25.7 Å². The minimum absolute atomic E-state index is 0.105. The highest BCUT2D eigenvalue weighted by Crippen LogP contribution is 2.31. The molecule has 0 amide bonds. The summed E-state index contributed by atoms with van der Waals surface area (Å²) in [4.78, 5) is 0.300. The van der Waals surface area contributed by atoms with Gasteiger partial charge in [-0.15, -0.1) is 0 Å². The number of hydrogen-bond donors (Lipinski definition) is 1. The van der Waals surface area contributed by atoms with E-state index in [4.69, 9.17) is 4.42 Å². The van der Waals surface area contributed by atoms with Gasteiger partial charge < -0.3 is 9.73 Å². The Balaban J connectivity index is 2.20. The lowest BCUT2D eigenvalue weighted by Gasteiger charge is -2.32. The van der Waals surface area contributed by atoms with Crippen molar-refractivity contribution in [1.82, 2.24) is 9.62 Å². The summed E-state index contributed by atoms with van der Waals surface area (Å²) in [6.45, 7) is 4.47. The van der Waals surface area contributed by atoms with Gasteiger partial charge >= 0.3 is 0 Å². The van der Waals surface area contributed by atoms with E-state index in [-0.39, 0.29) is 6.04 Å². The third kappa shape index (κ3) is 3.49. The Morgan fingerprint density at radius 1 is 1.33 bits per heavy atom. The standard InChI is InChI=1S/C15H26N2O3S/c1-11-5-7-13(8-6-11)17(4)21(18,19)15-9-14(10-16-3)20-12(15)2/h9,11,13,16H,5-8,10H2,1-4H3. The monoisotopic (exact) mass is 314 g/mol. The second-order valence-corrected chi connectivity index (χ2v) is 8.06. The van der Waals surface area contributed by atoms with E-state index in [1.165, 1.54) is 0 Å². The molecule has 2 rings (SSSR count). The van der Waals surface area contributed by atoms with E-state index in [9.17, 15) is 8.42 Å². The highest BCUT2D eigenvalue weighted by Gasteiger charge is 2.32. The summed E-state index contributed by atoms with van der Waals surface area (Å²) >= 11 is 0. The Labute approximate surface area is 127 Å². The minimum atomic E-state index is -3.47. The number of rotatable bonds is 5. The first-order valence-corrected chi connectivity index (χ1v) is 9.02. The molecule has 1 aromatic rings. The molecule has 0 spiro atoms. The van der Waals surface area contributed by atoms with Crippen LogP contribution in [0.5, 0.6) is 0 Å². The first-order chi connectivity index (χ1) is 9.86. The van der Waals surface area contributed by atoms with Crippen molar-refractivity contribution < 1.29 is 12.8 Å². The maximum atomic E-state index is 12.8. The predicted molar refractivity (Wildman–Crippen MR) is 82.6 cm³/mol. The summed E-state index contributed by atoms with van der Waals surface area (Å²) in [5.41, 5.74) is 0. The minimum Gasteiger partial charge on any atom is -0.464 e. The van der Waals surface area contributed by atoms with Gasteiger partial charge in [-0.1, -0.05) is 6.92 Å². The highest BCUT2D eigenvalue weighted by atomic mass is 32.2. The summed E-state index contributed by atoms with van der Waals surface area (Å²) in [6.07, 6.45) is 4.08. The first-order valence-electron chi connectivity index (χ1n) is 7.58. The molecule has 1 aromatic heterocycles. The summed E-state index contributed by atoms with van der Waals surface area (Å²) in [6, 6.07) is 1.75. The number of nitrogens with zero attached hydrogens (tertiary/aromatic N) is 1. The van der Waals surface area contributed by atoms with Crippen LogP contribution < -0.4 is 5.32 Å². The average Bonchev–Trinajstić information content (AvgIpc) is 2.81. The van der Waals surface area contributed by atoms with Gasteiger partial charge in [-0.3, -0.25) is 0 Å². The second-order valence-electron chi connectivity index (χ2n) is 6.10. The summed E-state index contributed by atoms with van der Waals surface area (Å²) < 4.78 is 32.7. The van der Waals surface area contributed by atoms with Crippen molar-refractivity contribution in [1.29, 1.82) is 0 Å². The number of furan rings is 1. The number of aryl methyl sites for hydroxylation is 1. The summed E-state index contributed by atoms with van der Waals surface area (Å²) in [5, 5.41) is 2.97. The van der Waals surface area contributed by atoms with E-state index >= 15 is 0 Å². The van der Waals surface area contributed by atoms with Gasteiger partial charge in [0, 0.05) is 19.2 Å². The van der Waals surface area contributed by atoms with Gasteiger partial charge in [0.25, 0.3) is 0 Å². The Morgan fingerprint density at radius 3 is 2.52 bits per heavy atom. The van der Waals surface area contributed by atoms with Gasteiger partial charge in [-0.2, -0.15) is 4.31 Å². The van der Waals surface area contributed by atoms with E-state index in [0.29, 0.717) is 28.9 Å². The molecule has 0 bridgehead atoms. The molecule has 1 N–H and O–H groups in total. The predicted octanol–water partition coefficient (Wildman–Crippen LogP) is 2.51. The van der Waals surface area contributed by atoms with Crippen molar-refractivity contribution in [3.63, 3.8) is 0 Å². The lowest BCUT2D eigenvalue weighted by molar-refractivity contribution is 0.246. The quantitative estimate of drug-likeness (QED) is 0.907. The van der Waals surface area contributed by atoms with Crippen LogP contribution in [0.25, 0.3) is 0 Å². The van der Waals surface area contributed by atoms with Gasteiger partial charge in [0.05, 0.1) is 6.54 Å². The molecule has 1 aliphatic rings. The van der Waals surface area contributed by atoms with E-state index in [2.05, 4.69) is 12.2 Å². The summed E-state index contributed by atoms with van der Waals surface area (Å²) in [5.74, 6) is 1.82. The first kappa shape index (κ1) is 16.5. The van der Waals surface area contributed by atoms with Crippen LogP contribution in [0.4, 0.5) is 0 Å². The molecule has 21 heavy (non-hydrogen) atoms. The van der Waals surface area contributed by atoms with Gasteiger partial charge in [-0.25, -0.2) is 8.42 Å². The van der Waals surface area contributed by atoms with Crippen LogP contribution in [0.2, 0.25) is 0 Å². The van der Waals surface area contributed by atoms with Crippen LogP contribution >= 0.6 is 0 Å². The normalized spacial score (nSPS) is 23.7. The molecule has 1 aliphatic carbocycles. The molecule has 0 aliphatic heterocycles. The van der Waals surface area contributed by atoms with Gasteiger partial charge in [0.15, 0.2) is 0 Å². The Bertz CT molecular complexity index is 572. The fourth-order valence-electron chi connectivity index (χ4n) is 3.00. The van der Waals surface area contributed by atoms with Crippen LogP contribution in [0.1, 0.15) is 44.1 Å². The number of hydrogen-bond acceptors (Lipinski definition) is 4. The smallest absolute Gasteiger partial charge is 0.246 e. The van der Waals surface area contributed by atoms with Crippen molar-refractivity contribution in [2.75, 3.05) is 14.1 Å². The maximum Gasteiger partial charge on any atom is 0.246 e. The highest BCUT2D eigenvalue weighted by molar-refractivity contribution is 7.89. The molecule has 0 aromatic carbocycles. The molecule has 0 saturated heterocycles. The third-order valence-electron chi connectivity index (χ3n) is 4.43. The lowest BCUT2D eigenvalue weighted by Crippen LogP contribution is -2.39. The van der Waals surface area contributed by atoms with E-state index in [1.54, 1.807) is 31.4 Å². The molecule has 120 valence electrons. The van der Waals surface area contributed by atoms with E-state index < -0.39 is 10.0 Å². The molecule has 0 radical (unpaired) electrons. The Kier molecular flexibility index (Phi) is 5.11. The van der Waals surface area contributed by atoms with Crippen LogP contribution in [0.15, 0.2) is 15.4 Å². The average molecular weight is 314 g/mol. The molecule has 5 nitrogen and oxygen atoms in total. The molecule has 1 fully saturated rings. The maximum absolute atomic E-state index is 12.8. The topological polar surface area (TPSA) is 62.6 Å². The zero-order valence-electron chi connectivity index (χ0n) is 13.3. The molecular formula is C15H26N2O3S. The molecule has 1 heterocycles. The summed E-state index contributed by atoms with van der Waals surface area (Å²) in [7, 11) is 0.0291. The van der Waals surface area contributed by atoms with Crippen LogP contribution in [0, 0.1) is 12.8 Å². The van der Waals surface area contributed by atoms with Gasteiger partial charge in [-0.05, 0) is 45.6 Å². The van der Waals surface area contributed by atoms with Crippen LogP contribution in [0.3, 0.4) is 0 Å². The molecule has 1 saturated carbocycles. The third-order valence-corrected chi connectivity index (χ3v) is 6.45. The SMILES string of the molecule is CNCc1cc(S(=O)(=O)N(C)C2CCC(C)CC2)c(C)o1. The van der Waals surface area contributed by atoms with Crippen molar-refractivity contribution in [3.8, 4) is 0 Å².